The van der Waals surface area contributed by atoms with Crippen LogP contribution in [0.25, 0.3) is 0 Å². The lowest BCUT2D eigenvalue weighted by Gasteiger charge is -2.55. The summed E-state index contributed by atoms with van der Waals surface area (Å²) in [6.45, 7) is 11.0. The van der Waals surface area contributed by atoms with E-state index in [1.807, 2.05) is 6.92 Å². The number of ether oxygens (including phenoxy) is 2. The number of carbonyl (C=O) groups is 1. The van der Waals surface area contributed by atoms with Crippen molar-refractivity contribution in [2.75, 3.05) is 39.5 Å². The average Bonchev–Trinajstić information content (AvgIpc) is 3.07. The number of nitrogens with one attached hydrogen (secondary N) is 1. The molecular weight excluding hydrogens is 338 g/mol. The molecule has 0 spiro atoms. The van der Waals surface area contributed by atoms with Gasteiger partial charge in [-0.3, -0.25) is 9.69 Å². The lowest BCUT2D eigenvalue weighted by Crippen LogP contribution is -2.67. The first-order valence-electron chi connectivity index (χ1n) is 9.21. The van der Waals surface area contributed by atoms with Gasteiger partial charge in [0.1, 0.15) is 5.69 Å². The molecule has 140 valence electrons. The van der Waals surface area contributed by atoms with Crippen LogP contribution in [-0.2, 0) is 9.47 Å². The van der Waals surface area contributed by atoms with Crippen LogP contribution in [0.5, 0.6) is 0 Å². The standard InChI is InChI=1S/C18H29N3O3S/c1-4-24-14-9-18(10-14,21-5-7-23-8-6-21)11-19-17(22)15-16(13(2)3)25-12-20-15/h12-14H,4-11H2,1-3H3,(H,19,22). The Morgan fingerprint density at radius 3 is 2.84 bits per heavy atom. The third-order valence-electron chi connectivity index (χ3n) is 5.21. The summed E-state index contributed by atoms with van der Waals surface area (Å²) in [5.74, 6) is 0.255. The molecule has 25 heavy (non-hydrogen) atoms. The molecule has 1 N–H and O–H groups in total. The molecule has 0 aromatic carbocycles. The fourth-order valence-corrected chi connectivity index (χ4v) is 4.66. The third-order valence-corrected chi connectivity index (χ3v) is 6.34. The van der Waals surface area contributed by atoms with Crippen molar-refractivity contribution in [3.8, 4) is 0 Å². The quantitative estimate of drug-likeness (QED) is 0.801. The highest BCUT2D eigenvalue weighted by molar-refractivity contribution is 7.10. The number of nitrogens with zero attached hydrogens (tertiary/aromatic N) is 2. The van der Waals surface area contributed by atoms with E-state index < -0.39 is 0 Å². The van der Waals surface area contributed by atoms with Crippen LogP contribution < -0.4 is 5.32 Å². The second-order valence-corrected chi connectivity index (χ2v) is 8.10. The second-order valence-electron chi connectivity index (χ2n) is 7.21. The van der Waals surface area contributed by atoms with E-state index in [2.05, 4.69) is 29.0 Å². The molecule has 0 bridgehead atoms. The van der Waals surface area contributed by atoms with E-state index in [1.165, 1.54) is 0 Å². The normalized spacial score (nSPS) is 27.3. The molecule has 1 saturated heterocycles. The summed E-state index contributed by atoms with van der Waals surface area (Å²) < 4.78 is 11.3. The predicted molar refractivity (Wildman–Crippen MR) is 98.3 cm³/mol. The van der Waals surface area contributed by atoms with E-state index in [4.69, 9.17) is 9.47 Å². The number of morpholine rings is 1. The summed E-state index contributed by atoms with van der Waals surface area (Å²) in [5, 5.41) is 3.15. The topological polar surface area (TPSA) is 63.7 Å². The predicted octanol–water partition coefficient (Wildman–Crippen LogP) is 2.27. The highest BCUT2D eigenvalue weighted by Gasteiger charge is 2.49. The van der Waals surface area contributed by atoms with Gasteiger partial charge in [0, 0.05) is 36.7 Å². The molecule has 1 aromatic heterocycles. The average molecular weight is 368 g/mol. The molecule has 0 radical (unpaired) electrons. The van der Waals surface area contributed by atoms with Crippen LogP contribution in [0.15, 0.2) is 5.51 Å². The zero-order chi connectivity index (χ0) is 17.9. The zero-order valence-corrected chi connectivity index (χ0v) is 16.2. The summed E-state index contributed by atoms with van der Waals surface area (Å²) >= 11 is 1.56. The number of amides is 1. The van der Waals surface area contributed by atoms with Crippen LogP contribution in [0.2, 0.25) is 0 Å². The number of rotatable bonds is 7. The second kappa shape index (κ2) is 8.12. The lowest BCUT2D eigenvalue weighted by molar-refractivity contribution is -0.124. The van der Waals surface area contributed by atoms with Crippen molar-refractivity contribution in [3.63, 3.8) is 0 Å². The molecule has 1 saturated carbocycles. The van der Waals surface area contributed by atoms with E-state index >= 15 is 0 Å². The first kappa shape index (κ1) is 18.8. The molecule has 0 unspecified atom stereocenters. The van der Waals surface area contributed by atoms with Gasteiger partial charge in [0.2, 0.25) is 0 Å². The van der Waals surface area contributed by atoms with Gasteiger partial charge in [0.25, 0.3) is 5.91 Å². The first-order valence-corrected chi connectivity index (χ1v) is 10.1. The molecule has 2 heterocycles. The van der Waals surface area contributed by atoms with Gasteiger partial charge >= 0.3 is 0 Å². The highest BCUT2D eigenvalue weighted by atomic mass is 32.1. The van der Waals surface area contributed by atoms with Crippen molar-refractivity contribution in [2.24, 2.45) is 0 Å². The summed E-state index contributed by atoms with van der Waals surface area (Å²) in [6, 6.07) is 0. The number of hydrogen-bond acceptors (Lipinski definition) is 6. The molecule has 2 fully saturated rings. The molecule has 6 nitrogen and oxygen atoms in total. The first-order chi connectivity index (χ1) is 12.1. The summed E-state index contributed by atoms with van der Waals surface area (Å²) in [4.78, 5) is 20.5. The fraction of sp³-hybridized carbons (Fsp3) is 0.778. The minimum absolute atomic E-state index is 0.00665. The van der Waals surface area contributed by atoms with Crippen LogP contribution in [0.3, 0.4) is 0 Å². The van der Waals surface area contributed by atoms with Crippen LogP contribution >= 0.6 is 11.3 Å². The van der Waals surface area contributed by atoms with Gasteiger partial charge in [-0.15, -0.1) is 11.3 Å². The Hall–Kier alpha value is -1.02. The van der Waals surface area contributed by atoms with Gasteiger partial charge in [0.15, 0.2) is 0 Å². The molecule has 1 aliphatic heterocycles. The molecule has 3 rings (SSSR count). The SMILES string of the molecule is CCOC1CC(CNC(=O)c2ncsc2C(C)C)(N2CCOCC2)C1. The largest absolute Gasteiger partial charge is 0.379 e. The minimum atomic E-state index is -0.0579. The lowest BCUT2D eigenvalue weighted by atomic mass is 9.72. The van der Waals surface area contributed by atoms with Gasteiger partial charge < -0.3 is 14.8 Å². The van der Waals surface area contributed by atoms with E-state index in [0.717, 1.165) is 50.6 Å². The number of hydrogen-bond donors (Lipinski definition) is 1. The van der Waals surface area contributed by atoms with E-state index in [0.29, 0.717) is 24.3 Å². The van der Waals surface area contributed by atoms with Crippen molar-refractivity contribution in [1.29, 1.82) is 0 Å². The molecule has 0 atom stereocenters. The van der Waals surface area contributed by atoms with Crippen molar-refractivity contribution in [2.45, 2.75) is 51.2 Å². The smallest absolute Gasteiger partial charge is 0.271 e. The molecular formula is C18H29N3O3S. The van der Waals surface area contributed by atoms with Crippen LogP contribution in [0.4, 0.5) is 0 Å². The highest BCUT2D eigenvalue weighted by Crippen LogP contribution is 2.40. The van der Waals surface area contributed by atoms with Crippen molar-refractivity contribution in [1.82, 2.24) is 15.2 Å². The molecule has 2 aliphatic rings. The Labute approximate surface area is 153 Å². The maximum Gasteiger partial charge on any atom is 0.271 e. The fourth-order valence-electron chi connectivity index (χ4n) is 3.86. The van der Waals surface area contributed by atoms with Gasteiger partial charge in [-0.25, -0.2) is 4.98 Å². The minimum Gasteiger partial charge on any atom is -0.379 e. The summed E-state index contributed by atoms with van der Waals surface area (Å²) in [5.41, 5.74) is 2.34. The zero-order valence-electron chi connectivity index (χ0n) is 15.4. The van der Waals surface area contributed by atoms with Crippen LogP contribution in [0, 0.1) is 0 Å². The maximum absolute atomic E-state index is 12.7. The summed E-state index contributed by atoms with van der Waals surface area (Å²) in [7, 11) is 0. The van der Waals surface area contributed by atoms with E-state index in [-0.39, 0.29) is 11.4 Å². The van der Waals surface area contributed by atoms with Crippen LogP contribution in [0.1, 0.15) is 54.9 Å². The van der Waals surface area contributed by atoms with Gasteiger partial charge in [-0.2, -0.15) is 0 Å². The summed E-state index contributed by atoms with van der Waals surface area (Å²) in [6.07, 6.45) is 2.24. The Morgan fingerprint density at radius 2 is 2.20 bits per heavy atom. The molecule has 1 aromatic rings. The Kier molecular flexibility index (Phi) is 6.09. The Balaban J connectivity index is 1.64. The van der Waals surface area contributed by atoms with Crippen molar-refractivity contribution < 1.29 is 14.3 Å². The third kappa shape index (κ3) is 4.05. The molecule has 7 heteroatoms. The van der Waals surface area contributed by atoms with Crippen molar-refractivity contribution in [3.05, 3.63) is 16.1 Å². The van der Waals surface area contributed by atoms with Gasteiger partial charge in [-0.05, 0) is 25.7 Å². The number of aromatic nitrogens is 1. The van der Waals surface area contributed by atoms with Crippen LogP contribution in [-0.4, -0.2) is 66.9 Å². The Bertz CT molecular complexity index is 578. The molecule has 1 amide bonds. The number of thiazole rings is 1. The van der Waals surface area contributed by atoms with E-state index in [9.17, 15) is 4.79 Å². The van der Waals surface area contributed by atoms with E-state index in [1.54, 1.807) is 16.8 Å². The Morgan fingerprint density at radius 1 is 1.48 bits per heavy atom. The van der Waals surface area contributed by atoms with Gasteiger partial charge in [0.05, 0.1) is 24.8 Å². The molecule has 1 aliphatic carbocycles. The number of carbonyl (C=O) groups excluding carboxylic acids is 1. The van der Waals surface area contributed by atoms with Crippen molar-refractivity contribution >= 4 is 17.2 Å². The maximum atomic E-state index is 12.7. The monoisotopic (exact) mass is 367 g/mol. The van der Waals surface area contributed by atoms with Gasteiger partial charge in [-0.1, -0.05) is 13.8 Å².